The van der Waals surface area contributed by atoms with E-state index >= 15 is 0 Å². The predicted molar refractivity (Wildman–Crippen MR) is 59.9 cm³/mol. The van der Waals surface area contributed by atoms with Crippen LogP contribution in [-0.2, 0) is 9.53 Å². The van der Waals surface area contributed by atoms with Gasteiger partial charge >= 0.3 is 0 Å². The number of anilines is 1. The van der Waals surface area contributed by atoms with Crippen molar-refractivity contribution in [3.63, 3.8) is 0 Å². The molecule has 1 N–H and O–H groups in total. The molecule has 1 fully saturated rings. The Hall–Kier alpha value is -1.33. The fraction of sp³-hybridized carbons (Fsp3) is 0.273. The van der Waals surface area contributed by atoms with Gasteiger partial charge in [-0.15, -0.1) is 11.8 Å². The lowest BCUT2D eigenvalue weighted by molar-refractivity contribution is -0.113. The number of thioether (sulfide) groups is 1. The van der Waals surface area contributed by atoms with Gasteiger partial charge in [0.25, 0.3) is 0 Å². The first-order chi connectivity index (χ1) is 7.74. The minimum Gasteiger partial charge on any atom is -0.364 e. The van der Waals surface area contributed by atoms with Crippen LogP contribution in [0.15, 0.2) is 23.1 Å². The summed E-state index contributed by atoms with van der Waals surface area (Å²) in [4.78, 5) is 23.9. The molecule has 82 valence electrons. The van der Waals surface area contributed by atoms with Gasteiger partial charge in [0.1, 0.15) is 6.10 Å². The first kappa shape index (κ1) is 9.86. The smallest absolute Gasteiger partial charge is 0.234 e. The first-order valence-corrected chi connectivity index (χ1v) is 5.95. The molecule has 4 nitrogen and oxygen atoms in total. The minimum absolute atomic E-state index is 0.00683. The molecule has 1 saturated heterocycles. The molecule has 1 amide bonds. The Morgan fingerprint density at radius 1 is 1.50 bits per heavy atom. The van der Waals surface area contributed by atoms with E-state index in [0.29, 0.717) is 17.9 Å². The molecule has 1 aromatic carbocycles. The molecule has 0 radical (unpaired) electrons. The molecule has 16 heavy (non-hydrogen) atoms. The normalized spacial score (nSPS) is 22.2. The zero-order chi connectivity index (χ0) is 11.1. The van der Waals surface area contributed by atoms with E-state index in [1.54, 1.807) is 12.1 Å². The van der Waals surface area contributed by atoms with Gasteiger partial charge < -0.3 is 10.1 Å². The average molecular weight is 235 g/mol. The number of fused-ring (bicyclic) bond motifs is 1. The number of epoxide rings is 1. The Morgan fingerprint density at radius 2 is 2.31 bits per heavy atom. The van der Waals surface area contributed by atoms with Gasteiger partial charge in [-0.2, -0.15) is 0 Å². The van der Waals surface area contributed by atoms with Crippen LogP contribution in [0.5, 0.6) is 0 Å². The lowest BCUT2D eigenvalue weighted by atomic mass is 10.1. The van der Waals surface area contributed by atoms with Crippen LogP contribution in [-0.4, -0.2) is 30.2 Å². The Kier molecular flexibility index (Phi) is 2.22. The highest BCUT2D eigenvalue weighted by Crippen LogP contribution is 2.32. The van der Waals surface area contributed by atoms with Crippen molar-refractivity contribution in [1.29, 1.82) is 0 Å². The van der Waals surface area contributed by atoms with E-state index in [2.05, 4.69) is 5.32 Å². The third-order valence-electron chi connectivity index (χ3n) is 2.52. The zero-order valence-electron chi connectivity index (χ0n) is 8.36. The second kappa shape index (κ2) is 3.61. The SMILES string of the molecule is O=C1CSc2ccc(C(=O)C3CO3)cc2N1. The maximum absolute atomic E-state index is 11.7. The molecular formula is C11H9NO3S. The standard InChI is InChI=1S/C11H9NO3S/c13-10-5-16-9-2-1-6(3-7(9)12-10)11(14)8-4-15-8/h1-3,8H,4-5H2,(H,12,13). The Labute approximate surface area is 96.4 Å². The monoisotopic (exact) mass is 235 g/mol. The summed E-state index contributed by atoms with van der Waals surface area (Å²) in [6.45, 7) is 0.511. The topological polar surface area (TPSA) is 58.7 Å². The van der Waals surface area contributed by atoms with Crippen molar-refractivity contribution in [3.8, 4) is 0 Å². The van der Waals surface area contributed by atoms with Crippen LogP contribution in [0.1, 0.15) is 10.4 Å². The molecule has 3 rings (SSSR count). The minimum atomic E-state index is -0.273. The number of benzene rings is 1. The molecule has 5 heteroatoms. The van der Waals surface area contributed by atoms with Gasteiger partial charge in [0, 0.05) is 10.5 Å². The summed E-state index contributed by atoms with van der Waals surface area (Å²) in [5.41, 5.74) is 1.33. The second-order valence-electron chi connectivity index (χ2n) is 3.73. The molecule has 0 spiro atoms. The predicted octanol–water partition coefficient (Wildman–Crippen LogP) is 1.31. The highest BCUT2D eigenvalue weighted by Gasteiger charge is 2.32. The van der Waals surface area contributed by atoms with Crippen molar-refractivity contribution in [2.75, 3.05) is 17.7 Å². The second-order valence-corrected chi connectivity index (χ2v) is 4.75. The summed E-state index contributed by atoms with van der Waals surface area (Å²) in [5.74, 6) is 0.406. The molecule has 1 aromatic rings. The van der Waals surface area contributed by atoms with Crippen molar-refractivity contribution in [1.82, 2.24) is 0 Å². The van der Waals surface area contributed by atoms with Crippen molar-refractivity contribution in [2.24, 2.45) is 0 Å². The molecule has 0 aliphatic carbocycles. The Morgan fingerprint density at radius 3 is 3.06 bits per heavy atom. The van der Waals surface area contributed by atoms with Crippen LogP contribution in [0, 0.1) is 0 Å². The molecule has 0 saturated carbocycles. The van der Waals surface area contributed by atoms with Gasteiger partial charge in [-0.3, -0.25) is 9.59 Å². The number of hydrogen-bond donors (Lipinski definition) is 1. The van der Waals surface area contributed by atoms with E-state index in [4.69, 9.17) is 4.74 Å². The van der Waals surface area contributed by atoms with E-state index in [9.17, 15) is 9.59 Å². The molecule has 2 aliphatic heterocycles. The summed E-state index contributed by atoms with van der Waals surface area (Å²) < 4.78 is 4.95. The quantitative estimate of drug-likeness (QED) is 0.620. The van der Waals surface area contributed by atoms with Crippen LogP contribution < -0.4 is 5.32 Å². The summed E-state index contributed by atoms with van der Waals surface area (Å²) in [5, 5.41) is 2.76. The van der Waals surface area contributed by atoms with Crippen LogP contribution in [0.4, 0.5) is 5.69 Å². The number of Topliss-reactive ketones (excluding diaryl/α,β-unsaturated/α-hetero) is 1. The van der Waals surface area contributed by atoms with Gasteiger partial charge in [0.2, 0.25) is 5.91 Å². The largest absolute Gasteiger partial charge is 0.364 e. The summed E-state index contributed by atoms with van der Waals surface area (Å²) in [6, 6.07) is 5.38. The van der Waals surface area contributed by atoms with Crippen LogP contribution in [0.2, 0.25) is 0 Å². The molecule has 1 unspecified atom stereocenters. The summed E-state index contributed by atoms with van der Waals surface area (Å²) in [7, 11) is 0. The maximum atomic E-state index is 11.7. The number of nitrogens with one attached hydrogen (secondary N) is 1. The highest BCUT2D eigenvalue weighted by molar-refractivity contribution is 8.00. The van der Waals surface area contributed by atoms with Crippen molar-refractivity contribution in [3.05, 3.63) is 23.8 Å². The van der Waals surface area contributed by atoms with Crippen molar-refractivity contribution in [2.45, 2.75) is 11.0 Å². The van der Waals surface area contributed by atoms with E-state index in [1.807, 2.05) is 6.07 Å². The number of carbonyl (C=O) groups is 2. The lowest BCUT2D eigenvalue weighted by Gasteiger charge is -2.16. The van der Waals surface area contributed by atoms with Crippen molar-refractivity contribution < 1.29 is 14.3 Å². The Balaban J connectivity index is 1.94. The van der Waals surface area contributed by atoms with Crippen molar-refractivity contribution >= 4 is 29.1 Å². The lowest BCUT2D eigenvalue weighted by Crippen LogP contribution is -2.19. The van der Waals surface area contributed by atoms with Gasteiger partial charge in [0.15, 0.2) is 5.78 Å². The van der Waals surface area contributed by atoms with Crippen LogP contribution >= 0.6 is 11.8 Å². The molecule has 0 bridgehead atoms. The number of hydrogen-bond acceptors (Lipinski definition) is 4. The molecular weight excluding hydrogens is 226 g/mol. The summed E-state index contributed by atoms with van der Waals surface area (Å²) in [6.07, 6.45) is -0.273. The summed E-state index contributed by atoms with van der Waals surface area (Å²) >= 11 is 1.49. The van der Waals surface area contributed by atoms with Gasteiger partial charge in [-0.25, -0.2) is 0 Å². The number of amides is 1. The molecule has 1 atom stereocenters. The molecule has 2 heterocycles. The van der Waals surface area contributed by atoms with Crippen LogP contribution in [0.3, 0.4) is 0 Å². The van der Waals surface area contributed by atoms with Gasteiger partial charge in [-0.1, -0.05) is 6.07 Å². The third kappa shape index (κ3) is 1.72. The first-order valence-electron chi connectivity index (χ1n) is 4.96. The average Bonchev–Trinajstić information content (AvgIpc) is 3.11. The number of ketones is 1. The van der Waals surface area contributed by atoms with E-state index in [1.165, 1.54) is 11.8 Å². The highest BCUT2D eigenvalue weighted by atomic mass is 32.2. The molecule has 0 aromatic heterocycles. The van der Waals surface area contributed by atoms with Crippen LogP contribution in [0.25, 0.3) is 0 Å². The maximum Gasteiger partial charge on any atom is 0.234 e. The zero-order valence-corrected chi connectivity index (χ0v) is 9.17. The van der Waals surface area contributed by atoms with E-state index in [0.717, 1.165) is 10.6 Å². The fourth-order valence-corrected chi connectivity index (χ4v) is 2.41. The van der Waals surface area contributed by atoms with E-state index in [-0.39, 0.29) is 17.8 Å². The number of ether oxygens (including phenoxy) is 1. The van der Waals surface area contributed by atoms with Gasteiger partial charge in [-0.05, 0) is 12.1 Å². The van der Waals surface area contributed by atoms with Gasteiger partial charge in [0.05, 0.1) is 18.0 Å². The molecule has 2 aliphatic rings. The fourth-order valence-electron chi connectivity index (χ4n) is 1.62. The number of carbonyl (C=O) groups excluding carboxylic acids is 2. The third-order valence-corrected chi connectivity index (χ3v) is 3.60. The Bertz CT molecular complexity index is 482. The number of rotatable bonds is 2. The van der Waals surface area contributed by atoms with E-state index < -0.39 is 0 Å².